The minimum absolute atomic E-state index is 0.183. The van der Waals surface area contributed by atoms with Gasteiger partial charge in [-0.3, -0.25) is 0 Å². The average Bonchev–Trinajstić information content (AvgIpc) is 2.48. The first-order valence-electron chi connectivity index (χ1n) is 6.58. The number of hydrogen-bond donors (Lipinski definition) is 0. The minimum atomic E-state index is -0.183. The van der Waals surface area contributed by atoms with Gasteiger partial charge >= 0.3 is 0 Å². The Morgan fingerprint density at radius 3 is 2.70 bits per heavy atom. The van der Waals surface area contributed by atoms with Crippen LogP contribution in [0.5, 0.6) is 5.75 Å². The van der Waals surface area contributed by atoms with E-state index in [4.69, 9.17) is 4.74 Å². The standard InChI is InChI=1S/C17H16FNO/c1-20-17-6-2-13(3-7-17)11-19-9-8-14-10-16(18)5-4-15(14)12-19/h2-10H,11-12H2,1H3. The van der Waals surface area contributed by atoms with Crippen molar-refractivity contribution in [1.29, 1.82) is 0 Å². The minimum Gasteiger partial charge on any atom is -0.497 e. The van der Waals surface area contributed by atoms with Gasteiger partial charge in [0, 0.05) is 19.3 Å². The number of nitrogens with zero attached hydrogens (tertiary/aromatic N) is 1. The number of fused-ring (bicyclic) bond motifs is 1. The molecule has 3 rings (SSSR count). The highest BCUT2D eigenvalue weighted by atomic mass is 19.1. The first-order chi connectivity index (χ1) is 9.74. The van der Waals surface area contributed by atoms with Crippen LogP contribution in [0.15, 0.2) is 48.7 Å². The van der Waals surface area contributed by atoms with Crippen LogP contribution in [0.2, 0.25) is 0 Å². The molecule has 0 bridgehead atoms. The molecule has 20 heavy (non-hydrogen) atoms. The molecule has 102 valence electrons. The maximum Gasteiger partial charge on any atom is 0.123 e. The third-order valence-electron chi connectivity index (χ3n) is 3.49. The van der Waals surface area contributed by atoms with E-state index in [1.807, 2.05) is 30.5 Å². The maximum absolute atomic E-state index is 13.2. The summed E-state index contributed by atoms with van der Waals surface area (Å²) in [7, 11) is 1.67. The number of rotatable bonds is 3. The third-order valence-corrected chi connectivity index (χ3v) is 3.49. The largest absolute Gasteiger partial charge is 0.497 e. The molecule has 0 radical (unpaired) electrons. The van der Waals surface area contributed by atoms with E-state index >= 15 is 0 Å². The molecule has 0 aliphatic carbocycles. The van der Waals surface area contributed by atoms with Gasteiger partial charge in [0.2, 0.25) is 0 Å². The smallest absolute Gasteiger partial charge is 0.123 e. The Kier molecular flexibility index (Phi) is 3.42. The van der Waals surface area contributed by atoms with E-state index < -0.39 is 0 Å². The molecule has 1 aliphatic rings. The van der Waals surface area contributed by atoms with Crippen molar-refractivity contribution in [2.75, 3.05) is 7.11 Å². The van der Waals surface area contributed by atoms with E-state index in [1.165, 1.54) is 11.6 Å². The summed E-state index contributed by atoms with van der Waals surface area (Å²) in [5, 5.41) is 0. The summed E-state index contributed by atoms with van der Waals surface area (Å²) in [5.41, 5.74) is 3.35. The van der Waals surface area contributed by atoms with E-state index in [0.717, 1.165) is 30.0 Å². The van der Waals surface area contributed by atoms with Crippen molar-refractivity contribution in [1.82, 2.24) is 4.90 Å². The predicted molar refractivity (Wildman–Crippen MR) is 77.7 cm³/mol. The summed E-state index contributed by atoms with van der Waals surface area (Å²) in [6.45, 7) is 1.63. The first kappa shape index (κ1) is 12.7. The second kappa shape index (κ2) is 5.37. The molecule has 0 spiro atoms. The molecule has 0 amide bonds. The number of halogens is 1. The summed E-state index contributed by atoms with van der Waals surface area (Å²) in [6.07, 6.45) is 3.98. The van der Waals surface area contributed by atoms with Gasteiger partial charge in [-0.2, -0.15) is 0 Å². The number of ether oxygens (including phenoxy) is 1. The molecule has 0 saturated carbocycles. The zero-order valence-corrected chi connectivity index (χ0v) is 11.3. The highest BCUT2D eigenvalue weighted by molar-refractivity contribution is 5.55. The van der Waals surface area contributed by atoms with Crippen LogP contribution in [0, 0.1) is 5.82 Å². The van der Waals surface area contributed by atoms with Gasteiger partial charge in [-0.05, 0) is 47.0 Å². The van der Waals surface area contributed by atoms with Gasteiger partial charge in [-0.25, -0.2) is 4.39 Å². The molecule has 0 saturated heterocycles. The molecule has 1 aliphatic heterocycles. The van der Waals surface area contributed by atoms with Crippen molar-refractivity contribution >= 4 is 6.08 Å². The Labute approximate surface area is 118 Å². The van der Waals surface area contributed by atoms with E-state index in [-0.39, 0.29) is 5.82 Å². The van der Waals surface area contributed by atoms with Gasteiger partial charge in [-0.15, -0.1) is 0 Å². The molecule has 0 unspecified atom stereocenters. The monoisotopic (exact) mass is 269 g/mol. The van der Waals surface area contributed by atoms with Crippen LogP contribution in [0.25, 0.3) is 6.08 Å². The quantitative estimate of drug-likeness (QED) is 0.840. The lowest BCUT2D eigenvalue weighted by molar-refractivity contribution is 0.359. The lowest BCUT2D eigenvalue weighted by Crippen LogP contribution is -2.19. The fourth-order valence-corrected chi connectivity index (χ4v) is 2.40. The van der Waals surface area contributed by atoms with Crippen LogP contribution < -0.4 is 4.74 Å². The fraction of sp³-hybridized carbons (Fsp3) is 0.176. The topological polar surface area (TPSA) is 12.5 Å². The van der Waals surface area contributed by atoms with Crippen LogP contribution in [0.4, 0.5) is 4.39 Å². The zero-order valence-electron chi connectivity index (χ0n) is 11.3. The van der Waals surface area contributed by atoms with Crippen LogP contribution in [-0.4, -0.2) is 12.0 Å². The van der Waals surface area contributed by atoms with Crippen molar-refractivity contribution in [3.05, 3.63) is 71.2 Å². The Morgan fingerprint density at radius 1 is 1.15 bits per heavy atom. The highest BCUT2D eigenvalue weighted by Crippen LogP contribution is 2.22. The molecule has 3 heteroatoms. The van der Waals surface area contributed by atoms with Crippen molar-refractivity contribution in [2.45, 2.75) is 13.1 Å². The van der Waals surface area contributed by atoms with Gasteiger partial charge in [0.15, 0.2) is 0 Å². The molecule has 0 aromatic heterocycles. The van der Waals surface area contributed by atoms with E-state index in [0.29, 0.717) is 0 Å². The SMILES string of the molecule is COc1ccc(CN2C=Cc3cc(F)ccc3C2)cc1. The molecule has 1 heterocycles. The summed E-state index contributed by atoms with van der Waals surface area (Å²) in [6, 6.07) is 13.0. The number of hydrogen-bond acceptors (Lipinski definition) is 2. The van der Waals surface area contributed by atoms with Crippen molar-refractivity contribution in [3.63, 3.8) is 0 Å². The second-order valence-electron chi connectivity index (χ2n) is 4.91. The third kappa shape index (κ3) is 2.67. The van der Waals surface area contributed by atoms with E-state index in [2.05, 4.69) is 17.0 Å². The van der Waals surface area contributed by atoms with Gasteiger partial charge in [-0.1, -0.05) is 18.2 Å². The summed E-state index contributed by atoms with van der Waals surface area (Å²) in [5.74, 6) is 0.681. The molecule has 2 aromatic rings. The Bertz CT molecular complexity index is 634. The summed E-state index contributed by atoms with van der Waals surface area (Å²) >= 11 is 0. The van der Waals surface area contributed by atoms with Crippen LogP contribution in [0.3, 0.4) is 0 Å². The molecule has 2 nitrogen and oxygen atoms in total. The molecular weight excluding hydrogens is 253 g/mol. The number of benzene rings is 2. The molecule has 0 fully saturated rings. The van der Waals surface area contributed by atoms with Gasteiger partial charge < -0.3 is 9.64 Å². The average molecular weight is 269 g/mol. The van der Waals surface area contributed by atoms with Gasteiger partial charge in [0.05, 0.1) is 7.11 Å². The van der Waals surface area contributed by atoms with Crippen LogP contribution in [-0.2, 0) is 13.1 Å². The Balaban J connectivity index is 1.73. The molecule has 0 N–H and O–H groups in total. The Hall–Kier alpha value is -2.29. The van der Waals surface area contributed by atoms with Crippen molar-refractivity contribution < 1.29 is 9.13 Å². The number of methoxy groups -OCH3 is 1. The van der Waals surface area contributed by atoms with Crippen LogP contribution in [0.1, 0.15) is 16.7 Å². The highest BCUT2D eigenvalue weighted by Gasteiger charge is 2.11. The van der Waals surface area contributed by atoms with Crippen molar-refractivity contribution in [2.24, 2.45) is 0 Å². The summed E-state index contributed by atoms with van der Waals surface area (Å²) in [4.78, 5) is 2.21. The van der Waals surface area contributed by atoms with Gasteiger partial charge in [0.1, 0.15) is 11.6 Å². The van der Waals surface area contributed by atoms with E-state index in [9.17, 15) is 4.39 Å². The Morgan fingerprint density at radius 2 is 1.95 bits per heavy atom. The lowest BCUT2D eigenvalue weighted by Gasteiger charge is -2.25. The van der Waals surface area contributed by atoms with Crippen molar-refractivity contribution in [3.8, 4) is 5.75 Å². The van der Waals surface area contributed by atoms with Crippen LogP contribution >= 0.6 is 0 Å². The second-order valence-corrected chi connectivity index (χ2v) is 4.91. The predicted octanol–water partition coefficient (Wildman–Crippen LogP) is 3.82. The summed E-state index contributed by atoms with van der Waals surface area (Å²) < 4.78 is 18.3. The molecule has 2 aromatic carbocycles. The first-order valence-corrected chi connectivity index (χ1v) is 6.58. The maximum atomic E-state index is 13.2. The zero-order chi connectivity index (χ0) is 13.9. The van der Waals surface area contributed by atoms with E-state index in [1.54, 1.807) is 13.2 Å². The normalized spacial score (nSPS) is 13.2. The van der Waals surface area contributed by atoms with Gasteiger partial charge in [0.25, 0.3) is 0 Å². The molecular formula is C17H16FNO. The lowest BCUT2D eigenvalue weighted by atomic mass is 10.0. The molecule has 0 atom stereocenters. The fourth-order valence-electron chi connectivity index (χ4n) is 2.40.